The molecule has 20 heavy (non-hydrogen) atoms. The maximum atomic E-state index is 12.7. The summed E-state index contributed by atoms with van der Waals surface area (Å²) in [6.07, 6.45) is 0.910. The van der Waals surface area contributed by atoms with Gasteiger partial charge in [0, 0.05) is 43.9 Å². The van der Waals surface area contributed by atoms with Gasteiger partial charge < -0.3 is 10.1 Å². The number of piperazine rings is 1. The van der Waals surface area contributed by atoms with Gasteiger partial charge in [0.05, 0.1) is 6.61 Å². The Bertz CT molecular complexity index is 542. The second-order valence-electron chi connectivity index (χ2n) is 5.55. The number of benzene rings is 1. The molecule has 0 aliphatic carbocycles. The lowest BCUT2D eigenvalue weighted by Crippen LogP contribution is -2.64. The average molecular weight is 273 g/mol. The largest absolute Gasteiger partial charge is 0.338 e. The molecular weight excluding hydrogens is 254 g/mol. The van der Waals surface area contributed by atoms with Crippen molar-refractivity contribution in [3.63, 3.8) is 0 Å². The third-order valence-electron chi connectivity index (χ3n) is 4.49. The molecule has 0 radical (unpaired) electrons. The Balaban J connectivity index is 1.86. The molecule has 2 fully saturated rings. The van der Waals surface area contributed by atoms with Crippen LogP contribution in [0, 0.1) is 0 Å². The predicted molar refractivity (Wildman–Crippen MR) is 74.2 cm³/mol. The van der Waals surface area contributed by atoms with Gasteiger partial charge >= 0.3 is 0 Å². The molecule has 5 heteroatoms. The molecule has 1 aromatic carbocycles. The van der Waals surface area contributed by atoms with E-state index >= 15 is 0 Å². The van der Waals surface area contributed by atoms with Gasteiger partial charge in [0.15, 0.2) is 0 Å². The molecule has 0 aromatic heterocycles. The van der Waals surface area contributed by atoms with E-state index < -0.39 is 5.85 Å². The molecule has 1 atom stereocenters. The molecule has 0 spiro atoms. The number of amides is 1. The van der Waals surface area contributed by atoms with Crippen LogP contribution in [-0.4, -0.2) is 55.0 Å². The highest BCUT2D eigenvalue weighted by Gasteiger charge is 2.55. The van der Waals surface area contributed by atoms with Crippen molar-refractivity contribution < 1.29 is 9.53 Å². The molecule has 1 aromatic rings. The third-order valence-corrected chi connectivity index (χ3v) is 4.49. The fourth-order valence-electron chi connectivity index (χ4n) is 3.63. The van der Waals surface area contributed by atoms with E-state index in [2.05, 4.69) is 10.2 Å². The maximum Gasteiger partial charge on any atom is 0.257 e. The number of hydrogen-bond acceptors (Lipinski definition) is 4. The molecule has 3 aliphatic heterocycles. The van der Waals surface area contributed by atoms with E-state index in [1.165, 1.54) is 0 Å². The first-order chi connectivity index (χ1) is 9.84. The van der Waals surface area contributed by atoms with Gasteiger partial charge in [-0.15, -0.1) is 0 Å². The smallest absolute Gasteiger partial charge is 0.257 e. The summed E-state index contributed by atoms with van der Waals surface area (Å²) in [6.45, 7) is 5.17. The zero-order chi connectivity index (χ0) is 13.6. The van der Waals surface area contributed by atoms with Crippen LogP contribution in [0.5, 0.6) is 0 Å². The number of nitrogens with zero attached hydrogens (tertiary/aromatic N) is 2. The summed E-state index contributed by atoms with van der Waals surface area (Å²) in [6, 6.07) is 7.89. The van der Waals surface area contributed by atoms with E-state index in [-0.39, 0.29) is 5.91 Å². The van der Waals surface area contributed by atoms with Crippen molar-refractivity contribution in [2.75, 3.05) is 39.3 Å². The molecule has 1 unspecified atom stereocenters. The molecule has 106 valence electrons. The van der Waals surface area contributed by atoms with Gasteiger partial charge in [0.1, 0.15) is 0 Å². The van der Waals surface area contributed by atoms with Crippen LogP contribution < -0.4 is 5.32 Å². The summed E-state index contributed by atoms with van der Waals surface area (Å²) in [5, 5.41) is 3.36. The van der Waals surface area contributed by atoms with E-state index in [9.17, 15) is 4.79 Å². The zero-order valence-electron chi connectivity index (χ0n) is 11.5. The molecular formula is C15H19N3O2. The van der Waals surface area contributed by atoms with Gasteiger partial charge in [-0.25, -0.2) is 0 Å². The van der Waals surface area contributed by atoms with Crippen molar-refractivity contribution >= 4 is 5.91 Å². The minimum atomic E-state index is -0.659. The van der Waals surface area contributed by atoms with E-state index in [0.717, 1.165) is 50.3 Å². The molecule has 3 aliphatic rings. The monoisotopic (exact) mass is 273 g/mol. The van der Waals surface area contributed by atoms with Crippen molar-refractivity contribution in [2.24, 2.45) is 0 Å². The number of hydrogen-bond donors (Lipinski definition) is 1. The van der Waals surface area contributed by atoms with Crippen molar-refractivity contribution in [3.8, 4) is 0 Å². The first-order valence-corrected chi connectivity index (χ1v) is 7.35. The normalized spacial score (nSPS) is 30.2. The molecule has 3 heterocycles. The highest BCUT2D eigenvalue weighted by atomic mass is 16.5. The fraction of sp³-hybridized carbons (Fsp3) is 0.533. The van der Waals surface area contributed by atoms with Crippen LogP contribution >= 0.6 is 0 Å². The number of carbonyl (C=O) groups is 1. The topological polar surface area (TPSA) is 44.8 Å². The Labute approximate surface area is 118 Å². The molecule has 2 saturated heterocycles. The van der Waals surface area contributed by atoms with Crippen LogP contribution in [0.25, 0.3) is 0 Å². The molecule has 0 bridgehead atoms. The molecule has 4 rings (SSSR count). The van der Waals surface area contributed by atoms with Crippen LogP contribution in [0.15, 0.2) is 24.3 Å². The maximum absolute atomic E-state index is 12.7. The Kier molecular flexibility index (Phi) is 2.80. The minimum absolute atomic E-state index is 0.110. The Morgan fingerprint density at radius 3 is 2.80 bits per heavy atom. The summed E-state index contributed by atoms with van der Waals surface area (Å²) in [5.74, 6) is -0.549. The van der Waals surface area contributed by atoms with Gasteiger partial charge in [-0.1, -0.05) is 18.2 Å². The quantitative estimate of drug-likeness (QED) is 0.813. The molecule has 1 amide bonds. The predicted octanol–water partition coefficient (Wildman–Crippen LogP) is 0.578. The minimum Gasteiger partial charge on any atom is -0.338 e. The van der Waals surface area contributed by atoms with Crippen LogP contribution in [0.3, 0.4) is 0 Å². The van der Waals surface area contributed by atoms with Crippen LogP contribution in [0.2, 0.25) is 0 Å². The highest BCUT2D eigenvalue weighted by molar-refractivity contribution is 5.99. The zero-order valence-corrected chi connectivity index (χ0v) is 11.5. The lowest BCUT2D eigenvalue weighted by Gasteiger charge is -2.50. The van der Waals surface area contributed by atoms with Crippen molar-refractivity contribution in [1.82, 2.24) is 15.1 Å². The standard InChI is InChI=1S/C15H19N3O2/c19-14-12-4-1-2-5-13(12)15(17-9-6-16-7-10-17)18(14)8-3-11-20-15/h1-2,4-5,16H,3,6-11H2. The van der Waals surface area contributed by atoms with Gasteiger partial charge in [-0.2, -0.15) is 0 Å². The summed E-state index contributed by atoms with van der Waals surface area (Å²) >= 11 is 0. The van der Waals surface area contributed by atoms with Gasteiger partial charge in [-0.05, 0) is 12.5 Å². The first kappa shape index (κ1) is 12.3. The second kappa shape index (κ2) is 4.55. The number of nitrogens with one attached hydrogen (secondary N) is 1. The van der Waals surface area contributed by atoms with E-state index in [1.807, 2.05) is 29.2 Å². The van der Waals surface area contributed by atoms with Gasteiger partial charge in [0.2, 0.25) is 5.85 Å². The summed E-state index contributed by atoms with van der Waals surface area (Å²) in [5.41, 5.74) is 1.82. The van der Waals surface area contributed by atoms with E-state index in [1.54, 1.807) is 0 Å². The average Bonchev–Trinajstić information content (AvgIpc) is 2.80. The lowest BCUT2D eigenvalue weighted by molar-refractivity contribution is -0.258. The molecule has 1 N–H and O–H groups in total. The number of fused-ring (bicyclic) bond motifs is 3. The first-order valence-electron chi connectivity index (χ1n) is 7.35. The number of ether oxygens (including phenoxy) is 1. The van der Waals surface area contributed by atoms with Gasteiger partial charge in [-0.3, -0.25) is 14.6 Å². The van der Waals surface area contributed by atoms with Crippen LogP contribution in [0.4, 0.5) is 0 Å². The van der Waals surface area contributed by atoms with Crippen LogP contribution in [-0.2, 0) is 10.6 Å². The van der Waals surface area contributed by atoms with E-state index in [4.69, 9.17) is 4.74 Å². The SMILES string of the molecule is O=C1c2ccccc2C2(N3CCNCC3)OCCCN12. The fourth-order valence-corrected chi connectivity index (χ4v) is 3.63. The Morgan fingerprint density at radius 1 is 1.15 bits per heavy atom. The molecule has 0 saturated carbocycles. The third kappa shape index (κ3) is 1.51. The van der Waals surface area contributed by atoms with Gasteiger partial charge in [0.25, 0.3) is 5.91 Å². The lowest BCUT2D eigenvalue weighted by atomic mass is 10.0. The van der Waals surface area contributed by atoms with E-state index in [0.29, 0.717) is 6.61 Å². The van der Waals surface area contributed by atoms with Crippen molar-refractivity contribution in [2.45, 2.75) is 12.3 Å². The summed E-state index contributed by atoms with van der Waals surface area (Å²) in [4.78, 5) is 16.9. The summed E-state index contributed by atoms with van der Waals surface area (Å²) < 4.78 is 6.23. The van der Waals surface area contributed by atoms with Crippen LogP contribution in [0.1, 0.15) is 22.3 Å². The Hall–Kier alpha value is -1.43. The Morgan fingerprint density at radius 2 is 1.95 bits per heavy atom. The van der Waals surface area contributed by atoms with Crippen molar-refractivity contribution in [1.29, 1.82) is 0 Å². The molecule has 5 nitrogen and oxygen atoms in total. The number of carbonyl (C=O) groups excluding carboxylic acids is 1. The highest BCUT2D eigenvalue weighted by Crippen LogP contribution is 2.44. The van der Waals surface area contributed by atoms with Crippen molar-refractivity contribution in [3.05, 3.63) is 35.4 Å². The number of rotatable bonds is 1. The second-order valence-corrected chi connectivity index (χ2v) is 5.55. The summed E-state index contributed by atoms with van der Waals surface area (Å²) in [7, 11) is 0.